The Hall–Kier alpha value is -2.80. The minimum atomic E-state index is -2.12. The third kappa shape index (κ3) is 4.72. The van der Waals surface area contributed by atoms with Gasteiger partial charge in [0, 0.05) is 5.56 Å². The Morgan fingerprint density at radius 2 is 1.46 bits per heavy atom. The van der Waals surface area contributed by atoms with Crippen LogP contribution in [-0.2, 0) is 6.61 Å². The van der Waals surface area contributed by atoms with Crippen molar-refractivity contribution in [2.24, 2.45) is 0 Å². The molecule has 0 saturated heterocycles. The summed E-state index contributed by atoms with van der Waals surface area (Å²) in [6.45, 7) is 11.0. The number of carboxylic acids is 2. The SMILES string of the molecule is Cc1cccc(C)c1OCc1c(C(=O)O)c(C)cc(O[Si](C)(C)C)c1C(=O)O. The lowest BCUT2D eigenvalue weighted by Crippen LogP contribution is -2.31. The van der Waals surface area contributed by atoms with Gasteiger partial charge in [-0.25, -0.2) is 9.59 Å². The number of aromatic carboxylic acids is 2. The Morgan fingerprint density at radius 3 is 1.93 bits per heavy atom. The molecule has 0 bridgehead atoms. The second-order valence-electron chi connectivity index (χ2n) is 7.75. The van der Waals surface area contributed by atoms with Gasteiger partial charge in [0.2, 0.25) is 8.32 Å². The summed E-state index contributed by atoms with van der Waals surface area (Å²) < 4.78 is 11.9. The number of ether oxygens (including phenoxy) is 1. The topological polar surface area (TPSA) is 93.1 Å². The summed E-state index contributed by atoms with van der Waals surface area (Å²) >= 11 is 0. The zero-order chi connectivity index (χ0) is 21.2. The molecule has 2 rings (SSSR count). The standard InChI is InChI=1S/C21H26O6Si/c1-12-8-7-9-13(2)19(12)26-11-15-17(20(22)23)14(3)10-16(18(15)21(24)25)27-28(4,5)6/h7-10H,11H2,1-6H3,(H,22,23)(H,24,25). The van der Waals surface area contributed by atoms with Crippen molar-refractivity contribution >= 4 is 20.3 Å². The fourth-order valence-electron chi connectivity index (χ4n) is 3.11. The van der Waals surface area contributed by atoms with E-state index in [0.29, 0.717) is 11.3 Å². The first-order valence-electron chi connectivity index (χ1n) is 8.93. The zero-order valence-electron chi connectivity index (χ0n) is 17.0. The number of carbonyl (C=O) groups is 2. The molecule has 0 unspecified atom stereocenters. The van der Waals surface area contributed by atoms with Crippen LogP contribution in [0.2, 0.25) is 19.6 Å². The van der Waals surface area contributed by atoms with E-state index in [0.717, 1.165) is 11.1 Å². The molecule has 0 saturated carbocycles. The lowest BCUT2D eigenvalue weighted by Gasteiger charge is -2.24. The molecule has 0 aliphatic rings. The molecule has 6 nitrogen and oxygen atoms in total. The molecule has 2 N–H and O–H groups in total. The lowest BCUT2D eigenvalue weighted by atomic mass is 9.95. The van der Waals surface area contributed by atoms with E-state index in [9.17, 15) is 19.8 Å². The van der Waals surface area contributed by atoms with Crippen molar-refractivity contribution in [2.45, 2.75) is 47.0 Å². The van der Waals surface area contributed by atoms with Gasteiger partial charge in [-0.3, -0.25) is 0 Å². The van der Waals surface area contributed by atoms with E-state index in [1.165, 1.54) is 6.07 Å². The molecule has 0 atom stereocenters. The van der Waals surface area contributed by atoms with E-state index < -0.39 is 20.3 Å². The van der Waals surface area contributed by atoms with Crippen LogP contribution in [0.15, 0.2) is 24.3 Å². The van der Waals surface area contributed by atoms with Crippen molar-refractivity contribution in [2.75, 3.05) is 0 Å². The third-order valence-corrected chi connectivity index (χ3v) is 5.04. The maximum Gasteiger partial charge on any atom is 0.339 e. The molecule has 2 aromatic carbocycles. The Bertz CT molecular complexity index is 907. The summed E-state index contributed by atoms with van der Waals surface area (Å²) in [6.07, 6.45) is 0. The van der Waals surface area contributed by atoms with Gasteiger partial charge in [0.05, 0.1) is 5.56 Å². The monoisotopic (exact) mass is 402 g/mol. The lowest BCUT2D eigenvalue weighted by molar-refractivity contribution is 0.0690. The first-order chi connectivity index (χ1) is 12.9. The molecule has 0 fully saturated rings. The number of rotatable bonds is 7. The summed E-state index contributed by atoms with van der Waals surface area (Å²) in [5.74, 6) is -1.63. The van der Waals surface area contributed by atoms with Crippen molar-refractivity contribution in [3.63, 3.8) is 0 Å². The molecule has 7 heteroatoms. The third-order valence-electron chi connectivity index (χ3n) is 4.21. The summed E-state index contributed by atoms with van der Waals surface area (Å²) in [4.78, 5) is 23.9. The maximum absolute atomic E-state index is 12.0. The van der Waals surface area contributed by atoms with Gasteiger partial charge in [-0.2, -0.15) is 0 Å². The highest BCUT2D eigenvalue weighted by atomic mass is 28.4. The average Bonchev–Trinajstić information content (AvgIpc) is 2.51. The van der Waals surface area contributed by atoms with E-state index in [1.54, 1.807) is 6.92 Å². The Kier molecular flexibility index (Phi) is 6.19. The normalized spacial score (nSPS) is 11.2. The second-order valence-corrected chi connectivity index (χ2v) is 12.2. The fourth-order valence-corrected chi connectivity index (χ4v) is 3.93. The first kappa shape index (κ1) is 21.5. The van der Waals surface area contributed by atoms with E-state index in [2.05, 4.69) is 0 Å². The molecule has 28 heavy (non-hydrogen) atoms. The van der Waals surface area contributed by atoms with Crippen molar-refractivity contribution in [1.82, 2.24) is 0 Å². The van der Waals surface area contributed by atoms with Gasteiger partial charge in [-0.1, -0.05) is 18.2 Å². The molecule has 0 heterocycles. The van der Waals surface area contributed by atoms with Gasteiger partial charge >= 0.3 is 11.9 Å². The molecule has 2 aromatic rings. The van der Waals surface area contributed by atoms with Gasteiger partial charge in [-0.15, -0.1) is 0 Å². The summed E-state index contributed by atoms with van der Waals surface area (Å²) in [6, 6.07) is 7.16. The first-order valence-corrected chi connectivity index (χ1v) is 12.3. The minimum Gasteiger partial charge on any atom is -0.544 e. The zero-order valence-corrected chi connectivity index (χ0v) is 18.0. The average molecular weight is 403 g/mol. The van der Waals surface area contributed by atoms with Gasteiger partial charge in [0.15, 0.2) is 0 Å². The molecule has 0 aliphatic heterocycles. The van der Waals surface area contributed by atoms with Gasteiger partial charge < -0.3 is 19.4 Å². The van der Waals surface area contributed by atoms with Crippen molar-refractivity contribution in [1.29, 1.82) is 0 Å². The van der Waals surface area contributed by atoms with E-state index >= 15 is 0 Å². The van der Waals surface area contributed by atoms with Gasteiger partial charge in [0.1, 0.15) is 23.7 Å². The van der Waals surface area contributed by atoms with E-state index in [4.69, 9.17) is 9.16 Å². The number of carboxylic acid groups (broad SMARTS) is 2. The smallest absolute Gasteiger partial charge is 0.339 e. The molecule has 150 valence electrons. The number of benzene rings is 2. The number of aryl methyl sites for hydroxylation is 3. The van der Waals surface area contributed by atoms with Crippen LogP contribution in [0, 0.1) is 20.8 Å². The predicted octanol–water partition coefficient (Wildman–Crippen LogP) is 4.80. The van der Waals surface area contributed by atoms with Gasteiger partial charge in [-0.05, 0) is 63.2 Å². The number of hydrogen-bond acceptors (Lipinski definition) is 4. The Balaban J connectivity index is 2.64. The maximum atomic E-state index is 12.0. The van der Waals surface area contributed by atoms with Crippen LogP contribution >= 0.6 is 0 Å². The van der Waals surface area contributed by atoms with Crippen LogP contribution in [-0.4, -0.2) is 30.5 Å². The van der Waals surface area contributed by atoms with Crippen LogP contribution in [0.5, 0.6) is 11.5 Å². The van der Waals surface area contributed by atoms with Crippen molar-refractivity contribution in [3.8, 4) is 11.5 Å². The van der Waals surface area contributed by atoms with E-state index in [1.807, 2.05) is 51.7 Å². The Morgan fingerprint density at radius 1 is 0.929 bits per heavy atom. The highest BCUT2D eigenvalue weighted by molar-refractivity contribution is 6.70. The number of hydrogen-bond donors (Lipinski definition) is 2. The van der Waals surface area contributed by atoms with Crippen LogP contribution in [0.25, 0.3) is 0 Å². The van der Waals surface area contributed by atoms with Gasteiger partial charge in [0.25, 0.3) is 0 Å². The van der Waals surface area contributed by atoms with Crippen molar-refractivity contribution < 1.29 is 29.0 Å². The van der Waals surface area contributed by atoms with Crippen LogP contribution in [0.1, 0.15) is 43.0 Å². The fraction of sp³-hybridized carbons (Fsp3) is 0.333. The largest absolute Gasteiger partial charge is 0.544 e. The summed E-state index contributed by atoms with van der Waals surface area (Å²) in [5, 5.41) is 19.5. The minimum absolute atomic E-state index is 0.0634. The highest BCUT2D eigenvalue weighted by Gasteiger charge is 2.29. The quantitative estimate of drug-likeness (QED) is 0.646. The molecule has 0 amide bonds. The summed E-state index contributed by atoms with van der Waals surface area (Å²) in [7, 11) is -2.12. The highest BCUT2D eigenvalue weighted by Crippen LogP contribution is 2.33. The molecular weight excluding hydrogens is 376 g/mol. The molecule has 0 radical (unpaired) electrons. The number of para-hydroxylation sites is 1. The van der Waals surface area contributed by atoms with E-state index in [-0.39, 0.29) is 29.0 Å². The molecule has 0 aromatic heterocycles. The van der Waals surface area contributed by atoms with Crippen molar-refractivity contribution in [3.05, 3.63) is 57.6 Å². The summed E-state index contributed by atoms with van der Waals surface area (Å²) in [5.41, 5.74) is 2.10. The Labute approximate surface area is 165 Å². The molecule has 0 spiro atoms. The van der Waals surface area contributed by atoms with Crippen LogP contribution in [0.4, 0.5) is 0 Å². The predicted molar refractivity (Wildman–Crippen MR) is 109 cm³/mol. The second kappa shape index (κ2) is 8.06. The molecule has 0 aliphatic carbocycles. The molecular formula is C21H26O6Si. The van der Waals surface area contributed by atoms with Crippen LogP contribution < -0.4 is 9.16 Å². The van der Waals surface area contributed by atoms with Crippen LogP contribution in [0.3, 0.4) is 0 Å².